The van der Waals surface area contributed by atoms with Gasteiger partial charge in [-0.15, -0.1) is 0 Å². The zero-order chi connectivity index (χ0) is 10.9. The van der Waals surface area contributed by atoms with Gasteiger partial charge in [0.25, 0.3) is 0 Å². The topological polar surface area (TPSA) is 0 Å². The quantitative estimate of drug-likeness (QED) is 0.660. The van der Waals surface area contributed by atoms with Crippen molar-refractivity contribution in [1.29, 1.82) is 0 Å². The SMILES string of the molecule is FC1(F)CCC(c2ccccc2Cl)CC1. The maximum atomic E-state index is 13.0. The van der Waals surface area contributed by atoms with E-state index in [0.717, 1.165) is 5.56 Å². The van der Waals surface area contributed by atoms with Crippen molar-refractivity contribution in [2.24, 2.45) is 0 Å². The third-order valence-electron chi connectivity index (χ3n) is 3.06. The third-order valence-corrected chi connectivity index (χ3v) is 3.41. The van der Waals surface area contributed by atoms with Gasteiger partial charge in [0.05, 0.1) is 0 Å². The highest BCUT2D eigenvalue weighted by Gasteiger charge is 2.35. The first kappa shape index (κ1) is 10.9. The summed E-state index contributed by atoms with van der Waals surface area (Å²) in [6.45, 7) is 0. The average molecular weight is 231 g/mol. The maximum absolute atomic E-state index is 13.0. The Morgan fingerprint density at radius 1 is 1.13 bits per heavy atom. The first-order valence-corrected chi connectivity index (χ1v) is 5.58. The summed E-state index contributed by atoms with van der Waals surface area (Å²) in [5.41, 5.74) is 1.02. The minimum Gasteiger partial charge on any atom is -0.207 e. The van der Waals surface area contributed by atoms with E-state index in [0.29, 0.717) is 17.9 Å². The lowest BCUT2D eigenvalue weighted by atomic mass is 9.82. The van der Waals surface area contributed by atoms with Crippen LogP contribution < -0.4 is 0 Å². The zero-order valence-corrected chi connectivity index (χ0v) is 9.11. The number of hydrogen-bond acceptors (Lipinski definition) is 0. The molecule has 0 heterocycles. The number of hydrogen-bond donors (Lipinski definition) is 0. The maximum Gasteiger partial charge on any atom is 0.248 e. The van der Waals surface area contributed by atoms with Crippen LogP contribution in [0.5, 0.6) is 0 Å². The molecule has 1 aliphatic rings. The van der Waals surface area contributed by atoms with Crippen LogP contribution >= 0.6 is 11.6 Å². The van der Waals surface area contributed by atoms with E-state index in [1.165, 1.54) is 0 Å². The highest BCUT2D eigenvalue weighted by atomic mass is 35.5. The van der Waals surface area contributed by atoms with Crippen molar-refractivity contribution >= 4 is 11.6 Å². The van der Waals surface area contributed by atoms with Gasteiger partial charge >= 0.3 is 0 Å². The van der Waals surface area contributed by atoms with Crippen molar-refractivity contribution in [2.45, 2.75) is 37.5 Å². The predicted octanol–water partition coefficient (Wildman–Crippen LogP) is 4.63. The van der Waals surface area contributed by atoms with Gasteiger partial charge in [-0.2, -0.15) is 0 Å². The summed E-state index contributed by atoms with van der Waals surface area (Å²) < 4.78 is 25.9. The minimum absolute atomic E-state index is 0.0110. The fraction of sp³-hybridized carbons (Fsp3) is 0.500. The number of rotatable bonds is 1. The molecular formula is C12H13ClF2. The molecule has 15 heavy (non-hydrogen) atoms. The second kappa shape index (κ2) is 4.09. The molecule has 0 atom stereocenters. The highest BCUT2D eigenvalue weighted by molar-refractivity contribution is 6.31. The smallest absolute Gasteiger partial charge is 0.207 e. The second-order valence-corrected chi connectivity index (χ2v) is 4.56. The molecule has 0 aliphatic heterocycles. The summed E-state index contributed by atoms with van der Waals surface area (Å²) in [5, 5.41) is 0.702. The molecule has 0 N–H and O–H groups in total. The first-order chi connectivity index (χ1) is 7.08. The van der Waals surface area contributed by atoms with Gasteiger partial charge in [0.15, 0.2) is 0 Å². The molecule has 82 valence electrons. The molecule has 0 amide bonds. The Bertz CT molecular complexity index is 339. The fourth-order valence-electron chi connectivity index (χ4n) is 2.16. The van der Waals surface area contributed by atoms with E-state index in [-0.39, 0.29) is 18.8 Å². The van der Waals surface area contributed by atoms with Crippen molar-refractivity contribution in [2.75, 3.05) is 0 Å². The molecular weight excluding hydrogens is 218 g/mol. The average Bonchev–Trinajstić information content (AvgIpc) is 2.19. The van der Waals surface area contributed by atoms with E-state index in [4.69, 9.17) is 11.6 Å². The van der Waals surface area contributed by atoms with Crippen molar-refractivity contribution in [3.8, 4) is 0 Å². The van der Waals surface area contributed by atoms with Crippen molar-refractivity contribution in [3.63, 3.8) is 0 Å². The molecule has 0 bridgehead atoms. The zero-order valence-electron chi connectivity index (χ0n) is 8.35. The van der Waals surface area contributed by atoms with Crippen LogP contribution in [0, 0.1) is 0 Å². The van der Waals surface area contributed by atoms with Crippen molar-refractivity contribution < 1.29 is 8.78 Å². The number of halogens is 3. The molecule has 0 unspecified atom stereocenters. The van der Waals surface area contributed by atoms with E-state index in [1.54, 1.807) is 0 Å². The van der Waals surface area contributed by atoms with Gasteiger partial charge in [-0.25, -0.2) is 8.78 Å². The Labute approximate surface area is 93.2 Å². The van der Waals surface area contributed by atoms with Crippen LogP contribution in [0.15, 0.2) is 24.3 Å². The summed E-state index contributed by atoms with van der Waals surface area (Å²) in [6, 6.07) is 7.54. The lowest BCUT2D eigenvalue weighted by Gasteiger charge is -2.28. The first-order valence-electron chi connectivity index (χ1n) is 5.21. The van der Waals surface area contributed by atoms with Crippen molar-refractivity contribution in [3.05, 3.63) is 34.9 Å². The monoisotopic (exact) mass is 230 g/mol. The molecule has 0 nitrogen and oxygen atoms in total. The minimum atomic E-state index is -2.46. The van der Waals surface area contributed by atoms with Gasteiger partial charge in [0.1, 0.15) is 0 Å². The van der Waals surface area contributed by atoms with Crippen LogP contribution in [0.3, 0.4) is 0 Å². The fourth-order valence-corrected chi connectivity index (χ4v) is 2.45. The van der Waals surface area contributed by atoms with E-state index in [9.17, 15) is 8.78 Å². The van der Waals surface area contributed by atoms with Crippen LogP contribution in [-0.2, 0) is 0 Å². The molecule has 0 aromatic heterocycles. The van der Waals surface area contributed by atoms with Crippen LogP contribution in [0.2, 0.25) is 5.02 Å². The molecule has 3 heteroatoms. The van der Waals surface area contributed by atoms with Crippen molar-refractivity contribution in [1.82, 2.24) is 0 Å². The molecule has 1 aliphatic carbocycles. The van der Waals surface area contributed by atoms with Crippen LogP contribution in [-0.4, -0.2) is 5.92 Å². The largest absolute Gasteiger partial charge is 0.248 e. The van der Waals surface area contributed by atoms with E-state index < -0.39 is 5.92 Å². The Balaban J connectivity index is 2.11. The molecule has 0 saturated heterocycles. The van der Waals surface area contributed by atoms with Crippen LogP contribution in [0.25, 0.3) is 0 Å². The number of benzene rings is 1. The summed E-state index contributed by atoms with van der Waals surface area (Å²) in [6.07, 6.45) is 1.05. The van der Waals surface area contributed by atoms with E-state index >= 15 is 0 Å². The molecule has 0 spiro atoms. The van der Waals surface area contributed by atoms with Gasteiger partial charge in [-0.05, 0) is 30.4 Å². The molecule has 1 saturated carbocycles. The summed E-state index contributed by atoms with van der Waals surface area (Å²) in [4.78, 5) is 0. The van der Waals surface area contributed by atoms with Gasteiger partial charge in [0.2, 0.25) is 5.92 Å². The summed E-state index contributed by atoms with van der Waals surface area (Å²) >= 11 is 6.04. The lowest BCUT2D eigenvalue weighted by Crippen LogP contribution is -2.23. The van der Waals surface area contributed by atoms with Crippen LogP contribution in [0.1, 0.15) is 37.2 Å². The van der Waals surface area contributed by atoms with E-state index in [2.05, 4.69) is 0 Å². The highest BCUT2D eigenvalue weighted by Crippen LogP contribution is 2.42. The van der Waals surface area contributed by atoms with Gasteiger partial charge in [0, 0.05) is 17.9 Å². The summed E-state index contributed by atoms with van der Waals surface area (Å²) in [7, 11) is 0. The second-order valence-electron chi connectivity index (χ2n) is 4.15. The lowest BCUT2D eigenvalue weighted by molar-refractivity contribution is -0.0382. The Morgan fingerprint density at radius 2 is 1.73 bits per heavy atom. The van der Waals surface area contributed by atoms with Gasteiger partial charge in [-0.1, -0.05) is 29.8 Å². The van der Waals surface area contributed by atoms with Gasteiger partial charge in [-0.3, -0.25) is 0 Å². The number of alkyl halides is 2. The normalized spacial score (nSPS) is 21.5. The third kappa shape index (κ3) is 2.49. The van der Waals surface area contributed by atoms with Crippen LogP contribution in [0.4, 0.5) is 8.78 Å². The Hall–Kier alpha value is -0.630. The predicted molar refractivity (Wildman–Crippen MR) is 57.6 cm³/mol. The Kier molecular flexibility index (Phi) is 2.96. The van der Waals surface area contributed by atoms with Gasteiger partial charge < -0.3 is 0 Å². The Morgan fingerprint density at radius 3 is 2.33 bits per heavy atom. The standard InChI is InChI=1S/C12H13ClF2/c13-11-4-2-1-3-10(11)9-5-7-12(14,15)8-6-9/h1-4,9H,5-8H2. The van der Waals surface area contributed by atoms with E-state index in [1.807, 2.05) is 24.3 Å². The molecule has 1 aromatic rings. The molecule has 0 radical (unpaired) electrons. The summed E-state index contributed by atoms with van der Waals surface area (Å²) in [5.74, 6) is -2.25. The molecule has 2 rings (SSSR count). The molecule has 1 fully saturated rings. The molecule has 1 aromatic carbocycles.